The molecule has 0 aliphatic heterocycles. The van der Waals surface area contributed by atoms with Gasteiger partial charge in [0.2, 0.25) is 0 Å². The summed E-state index contributed by atoms with van der Waals surface area (Å²) in [6.45, 7) is 5.21. The fourth-order valence-electron chi connectivity index (χ4n) is 3.22. The van der Waals surface area contributed by atoms with Crippen LogP contribution in [0.25, 0.3) is 11.1 Å². The van der Waals surface area contributed by atoms with E-state index in [2.05, 4.69) is 29.6 Å². The van der Waals surface area contributed by atoms with Gasteiger partial charge in [-0.05, 0) is 43.0 Å². The Bertz CT molecular complexity index is 814. The monoisotopic (exact) mass is 385 g/mol. The SMILES string of the molecule is CC(C)(C)OC(=O)N[C@@H](SCC1c2ccccc2-c2ccccc21)C(=O)O. The van der Waals surface area contributed by atoms with Crippen LogP contribution in [0.1, 0.15) is 37.8 Å². The summed E-state index contributed by atoms with van der Waals surface area (Å²) in [5.41, 5.74) is 4.07. The lowest BCUT2D eigenvalue weighted by Gasteiger charge is -2.22. The highest BCUT2D eigenvalue weighted by Crippen LogP contribution is 2.46. The van der Waals surface area contributed by atoms with Crippen molar-refractivity contribution in [1.82, 2.24) is 5.32 Å². The fourth-order valence-corrected chi connectivity index (χ4v) is 4.29. The molecule has 1 atom stereocenters. The molecule has 1 aliphatic carbocycles. The Morgan fingerprint density at radius 3 is 2.07 bits per heavy atom. The zero-order chi connectivity index (χ0) is 19.6. The van der Waals surface area contributed by atoms with Gasteiger partial charge < -0.3 is 9.84 Å². The molecule has 0 spiro atoms. The first-order chi connectivity index (χ1) is 12.8. The molecule has 0 aromatic heterocycles. The van der Waals surface area contributed by atoms with E-state index in [4.69, 9.17) is 4.74 Å². The van der Waals surface area contributed by atoms with Crippen molar-refractivity contribution in [2.75, 3.05) is 5.75 Å². The Labute approximate surface area is 163 Å². The second kappa shape index (κ2) is 7.64. The Kier molecular flexibility index (Phi) is 5.46. The van der Waals surface area contributed by atoms with Gasteiger partial charge in [0.15, 0.2) is 5.37 Å². The number of carboxylic acid groups (broad SMARTS) is 1. The molecule has 0 fully saturated rings. The molecule has 0 heterocycles. The number of hydrogen-bond donors (Lipinski definition) is 2. The van der Waals surface area contributed by atoms with Gasteiger partial charge in [0.05, 0.1) is 0 Å². The largest absolute Gasteiger partial charge is 0.479 e. The average Bonchev–Trinajstić information content (AvgIpc) is 2.91. The zero-order valence-corrected chi connectivity index (χ0v) is 16.4. The summed E-state index contributed by atoms with van der Waals surface area (Å²) in [7, 11) is 0. The van der Waals surface area contributed by atoms with Gasteiger partial charge in [0.1, 0.15) is 5.60 Å². The molecule has 0 unspecified atom stereocenters. The van der Waals surface area contributed by atoms with E-state index < -0.39 is 23.0 Å². The molecule has 27 heavy (non-hydrogen) atoms. The molecule has 3 rings (SSSR count). The van der Waals surface area contributed by atoms with Crippen molar-refractivity contribution in [3.05, 3.63) is 59.7 Å². The van der Waals surface area contributed by atoms with E-state index in [1.807, 2.05) is 24.3 Å². The number of nitrogens with one attached hydrogen (secondary N) is 1. The lowest BCUT2D eigenvalue weighted by Crippen LogP contribution is -2.41. The Balaban J connectivity index is 1.74. The number of hydrogen-bond acceptors (Lipinski definition) is 4. The first-order valence-electron chi connectivity index (χ1n) is 8.78. The minimum absolute atomic E-state index is 0.0877. The van der Waals surface area contributed by atoms with E-state index >= 15 is 0 Å². The predicted molar refractivity (Wildman–Crippen MR) is 107 cm³/mol. The van der Waals surface area contributed by atoms with E-state index in [1.165, 1.54) is 34.0 Å². The molecule has 5 nitrogen and oxygen atoms in total. The van der Waals surface area contributed by atoms with E-state index in [0.717, 1.165) is 0 Å². The van der Waals surface area contributed by atoms with Crippen LogP contribution in [0.2, 0.25) is 0 Å². The molecular formula is C21H23NO4S. The molecule has 0 saturated heterocycles. The third-order valence-electron chi connectivity index (χ3n) is 4.26. The Hall–Kier alpha value is -2.47. The Morgan fingerprint density at radius 2 is 1.59 bits per heavy atom. The highest BCUT2D eigenvalue weighted by atomic mass is 32.2. The van der Waals surface area contributed by atoms with E-state index in [0.29, 0.717) is 5.75 Å². The van der Waals surface area contributed by atoms with Crippen LogP contribution < -0.4 is 5.32 Å². The van der Waals surface area contributed by atoms with Gasteiger partial charge in [-0.3, -0.25) is 5.32 Å². The molecule has 0 saturated carbocycles. The van der Waals surface area contributed by atoms with Crippen molar-refractivity contribution in [3.8, 4) is 11.1 Å². The fraction of sp³-hybridized carbons (Fsp3) is 0.333. The second-order valence-electron chi connectivity index (χ2n) is 7.42. The summed E-state index contributed by atoms with van der Waals surface area (Å²) in [6, 6.07) is 16.4. The van der Waals surface area contributed by atoms with Crippen LogP contribution in [0.5, 0.6) is 0 Å². The molecule has 142 valence electrons. The van der Waals surface area contributed by atoms with Crippen LogP contribution in [-0.2, 0) is 9.53 Å². The molecule has 0 radical (unpaired) electrons. The van der Waals surface area contributed by atoms with Crippen molar-refractivity contribution in [1.29, 1.82) is 0 Å². The van der Waals surface area contributed by atoms with Gasteiger partial charge in [-0.15, -0.1) is 11.8 Å². The van der Waals surface area contributed by atoms with Crippen molar-refractivity contribution in [2.45, 2.75) is 37.7 Å². The summed E-state index contributed by atoms with van der Waals surface area (Å²) >= 11 is 1.20. The van der Waals surface area contributed by atoms with E-state index in [1.54, 1.807) is 20.8 Å². The van der Waals surface area contributed by atoms with Crippen LogP contribution in [0.15, 0.2) is 48.5 Å². The van der Waals surface area contributed by atoms with Gasteiger partial charge >= 0.3 is 12.1 Å². The van der Waals surface area contributed by atoms with E-state index in [-0.39, 0.29) is 5.92 Å². The number of ether oxygens (including phenoxy) is 1. The number of thioether (sulfide) groups is 1. The molecule has 1 aliphatic rings. The quantitative estimate of drug-likeness (QED) is 0.743. The lowest BCUT2D eigenvalue weighted by atomic mass is 9.99. The van der Waals surface area contributed by atoms with Gasteiger partial charge in [0, 0.05) is 11.7 Å². The van der Waals surface area contributed by atoms with Crippen molar-refractivity contribution in [2.24, 2.45) is 0 Å². The average molecular weight is 385 g/mol. The third-order valence-corrected chi connectivity index (χ3v) is 5.44. The number of aliphatic carboxylic acids is 1. The molecule has 6 heteroatoms. The summed E-state index contributed by atoms with van der Waals surface area (Å²) in [6.07, 6.45) is -0.727. The third kappa shape index (κ3) is 4.45. The van der Waals surface area contributed by atoms with Crippen LogP contribution in [0.3, 0.4) is 0 Å². The maximum atomic E-state index is 12.0. The molecule has 2 aromatic rings. The van der Waals surface area contributed by atoms with Crippen LogP contribution in [-0.4, -0.2) is 33.9 Å². The minimum atomic E-state index is -1.09. The van der Waals surface area contributed by atoms with Crippen LogP contribution in [0.4, 0.5) is 4.79 Å². The van der Waals surface area contributed by atoms with E-state index in [9.17, 15) is 14.7 Å². The first-order valence-corrected chi connectivity index (χ1v) is 9.83. The normalized spacial score (nSPS) is 14.2. The number of benzene rings is 2. The summed E-state index contributed by atoms with van der Waals surface area (Å²) < 4.78 is 5.18. The van der Waals surface area contributed by atoms with Gasteiger partial charge in [-0.2, -0.15) is 0 Å². The van der Waals surface area contributed by atoms with Crippen molar-refractivity contribution < 1.29 is 19.4 Å². The van der Waals surface area contributed by atoms with Crippen molar-refractivity contribution in [3.63, 3.8) is 0 Å². The highest BCUT2D eigenvalue weighted by Gasteiger charge is 2.31. The highest BCUT2D eigenvalue weighted by molar-refractivity contribution is 8.00. The number of rotatable bonds is 5. The van der Waals surface area contributed by atoms with Crippen LogP contribution in [0, 0.1) is 0 Å². The number of carbonyl (C=O) groups is 2. The summed E-state index contributed by atoms with van der Waals surface area (Å²) in [5.74, 6) is -0.462. The minimum Gasteiger partial charge on any atom is -0.479 e. The zero-order valence-electron chi connectivity index (χ0n) is 15.6. The van der Waals surface area contributed by atoms with Gasteiger partial charge in [0.25, 0.3) is 0 Å². The summed E-state index contributed by atoms with van der Waals surface area (Å²) in [4.78, 5) is 23.6. The maximum Gasteiger partial charge on any atom is 0.409 e. The second-order valence-corrected chi connectivity index (χ2v) is 8.56. The predicted octanol–water partition coefficient (Wildman–Crippen LogP) is 4.47. The Morgan fingerprint density at radius 1 is 1.07 bits per heavy atom. The number of amides is 1. The number of fused-ring (bicyclic) bond motifs is 3. The smallest absolute Gasteiger partial charge is 0.409 e. The number of alkyl carbamates (subject to hydrolysis) is 1. The topological polar surface area (TPSA) is 75.6 Å². The molecule has 2 aromatic carbocycles. The first kappa shape index (κ1) is 19.3. The molecular weight excluding hydrogens is 362 g/mol. The van der Waals surface area contributed by atoms with Gasteiger partial charge in [-0.1, -0.05) is 48.5 Å². The molecule has 1 amide bonds. The van der Waals surface area contributed by atoms with Gasteiger partial charge in [-0.25, -0.2) is 9.59 Å². The maximum absolute atomic E-state index is 12.0. The number of carboxylic acids is 1. The molecule has 0 bridgehead atoms. The summed E-state index contributed by atoms with van der Waals surface area (Å²) in [5, 5.41) is 10.9. The number of carbonyl (C=O) groups excluding carboxylic acids is 1. The van der Waals surface area contributed by atoms with Crippen molar-refractivity contribution >= 4 is 23.8 Å². The van der Waals surface area contributed by atoms with Crippen LogP contribution >= 0.6 is 11.8 Å². The molecule has 2 N–H and O–H groups in total. The standard InChI is InChI=1S/C21H23NO4S/c1-21(2,3)26-20(25)22-18(19(23)24)27-12-17-15-10-6-4-8-13(15)14-9-5-7-11-16(14)17/h4-11,17-18H,12H2,1-3H3,(H,22,25)(H,23,24)/t18-/m0/s1. The lowest BCUT2D eigenvalue weighted by molar-refractivity contribution is -0.137.